The van der Waals surface area contributed by atoms with E-state index in [2.05, 4.69) is 54.4 Å². The quantitative estimate of drug-likeness (QED) is 0.846. The Balaban J connectivity index is 1.54. The molecule has 0 spiro atoms. The lowest BCUT2D eigenvalue weighted by Gasteiger charge is -2.33. The summed E-state index contributed by atoms with van der Waals surface area (Å²) >= 11 is 6.21. The molecule has 1 aliphatic rings. The molecule has 1 fully saturated rings. The van der Waals surface area contributed by atoms with Crippen LogP contribution in [-0.2, 0) is 6.54 Å². The second kappa shape index (κ2) is 7.37. The van der Waals surface area contributed by atoms with E-state index in [0.29, 0.717) is 6.04 Å². The van der Waals surface area contributed by atoms with Crippen molar-refractivity contribution in [2.24, 2.45) is 0 Å². The summed E-state index contributed by atoms with van der Waals surface area (Å²) in [7, 11) is 0. The molecule has 0 aliphatic carbocycles. The lowest BCUT2D eigenvalue weighted by Crippen LogP contribution is -2.38. The molecule has 0 radical (unpaired) electrons. The average Bonchev–Trinajstić information content (AvgIpc) is 2.56. The van der Waals surface area contributed by atoms with Gasteiger partial charge >= 0.3 is 0 Å². The summed E-state index contributed by atoms with van der Waals surface area (Å²) in [5.41, 5.74) is 5.17. The Labute approximate surface area is 144 Å². The van der Waals surface area contributed by atoms with Crippen LogP contribution in [0.25, 0.3) is 0 Å². The summed E-state index contributed by atoms with van der Waals surface area (Å²) in [4.78, 5) is 2.56. The standard InChI is InChI=1S/C20H25ClN2/c1-15-6-3-4-7-17(15)14-23-12-10-18(11-13-23)22-20-9-5-8-19(21)16(20)2/h3-9,18,22H,10-14H2,1-2H3. The number of benzene rings is 2. The Hall–Kier alpha value is -1.51. The SMILES string of the molecule is Cc1ccccc1CN1CCC(Nc2cccc(Cl)c2C)CC1. The van der Waals surface area contributed by atoms with Gasteiger partial charge in [-0.3, -0.25) is 4.90 Å². The Morgan fingerprint density at radius 2 is 1.78 bits per heavy atom. The van der Waals surface area contributed by atoms with E-state index in [-0.39, 0.29) is 0 Å². The number of aryl methyl sites for hydroxylation is 1. The zero-order chi connectivity index (χ0) is 16.2. The normalized spacial score (nSPS) is 16.5. The number of hydrogen-bond donors (Lipinski definition) is 1. The van der Waals surface area contributed by atoms with Crippen molar-refractivity contribution in [3.63, 3.8) is 0 Å². The van der Waals surface area contributed by atoms with Crippen molar-refractivity contribution < 1.29 is 0 Å². The highest BCUT2D eigenvalue weighted by atomic mass is 35.5. The van der Waals surface area contributed by atoms with Crippen molar-refractivity contribution in [3.05, 3.63) is 64.2 Å². The van der Waals surface area contributed by atoms with Gasteiger partial charge in [-0.25, -0.2) is 0 Å². The molecular formula is C20H25ClN2. The summed E-state index contributed by atoms with van der Waals surface area (Å²) in [6.07, 6.45) is 2.36. The smallest absolute Gasteiger partial charge is 0.0455 e. The number of piperidine rings is 1. The van der Waals surface area contributed by atoms with Gasteiger partial charge < -0.3 is 5.32 Å². The minimum Gasteiger partial charge on any atom is -0.382 e. The van der Waals surface area contributed by atoms with Gasteiger partial charge in [0.05, 0.1) is 0 Å². The van der Waals surface area contributed by atoms with Gasteiger partial charge in [0.2, 0.25) is 0 Å². The third kappa shape index (κ3) is 4.07. The number of hydrogen-bond acceptors (Lipinski definition) is 2. The van der Waals surface area contributed by atoms with E-state index in [1.165, 1.54) is 29.7 Å². The van der Waals surface area contributed by atoms with E-state index < -0.39 is 0 Å². The molecular weight excluding hydrogens is 304 g/mol. The van der Waals surface area contributed by atoms with Gasteiger partial charge in [0.25, 0.3) is 0 Å². The summed E-state index contributed by atoms with van der Waals surface area (Å²) in [6, 6.07) is 15.3. The lowest BCUT2D eigenvalue weighted by molar-refractivity contribution is 0.211. The highest BCUT2D eigenvalue weighted by Gasteiger charge is 2.20. The molecule has 2 aromatic carbocycles. The topological polar surface area (TPSA) is 15.3 Å². The first-order valence-electron chi connectivity index (χ1n) is 8.42. The first kappa shape index (κ1) is 16.4. The van der Waals surface area contributed by atoms with Crippen LogP contribution in [0, 0.1) is 13.8 Å². The zero-order valence-corrected chi connectivity index (χ0v) is 14.7. The van der Waals surface area contributed by atoms with Crippen LogP contribution in [0.15, 0.2) is 42.5 Å². The van der Waals surface area contributed by atoms with E-state index in [9.17, 15) is 0 Å². The second-order valence-corrected chi connectivity index (χ2v) is 6.94. The number of rotatable bonds is 4. The minimum absolute atomic E-state index is 0.542. The van der Waals surface area contributed by atoms with Crippen LogP contribution in [0.5, 0.6) is 0 Å². The van der Waals surface area contributed by atoms with Crippen LogP contribution in [0.4, 0.5) is 5.69 Å². The Morgan fingerprint density at radius 1 is 1.04 bits per heavy atom. The fourth-order valence-electron chi connectivity index (χ4n) is 3.25. The van der Waals surface area contributed by atoms with Crippen molar-refractivity contribution in [2.45, 2.75) is 39.3 Å². The van der Waals surface area contributed by atoms with Crippen LogP contribution in [0.2, 0.25) is 5.02 Å². The molecule has 2 nitrogen and oxygen atoms in total. The second-order valence-electron chi connectivity index (χ2n) is 6.53. The maximum Gasteiger partial charge on any atom is 0.0455 e. The summed E-state index contributed by atoms with van der Waals surface area (Å²) in [6.45, 7) is 7.64. The first-order chi connectivity index (χ1) is 11.1. The summed E-state index contributed by atoms with van der Waals surface area (Å²) in [5, 5.41) is 4.51. The summed E-state index contributed by atoms with van der Waals surface area (Å²) < 4.78 is 0. The van der Waals surface area contributed by atoms with Gasteiger partial charge in [0.1, 0.15) is 0 Å². The molecule has 0 unspecified atom stereocenters. The Morgan fingerprint density at radius 3 is 2.52 bits per heavy atom. The van der Waals surface area contributed by atoms with Crippen LogP contribution in [0.3, 0.4) is 0 Å². The van der Waals surface area contributed by atoms with Crippen LogP contribution in [0.1, 0.15) is 29.5 Å². The number of likely N-dealkylation sites (tertiary alicyclic amines) is 1. The molecule has 3 heteroatoms. The van der Waals surface area contributed by atoms with Crippen LogP contribution < -0.4 is 5.32 Å². The summed E-state index contributed by atoms with van der Waals surface area (Å²) in [5.74, 6) is 0. The molecule has 23 heavy (non-hydrogen) atoms. The lowest BCUT2D eigenvalue weighted by atomic mass is 10.0. The molecule has 0 aromatic heterocycles. The van der Waals surface area contributed by atoms with Gasteiger partial charge in [-0.1, -0.05) is 41.9 Å². The minimum atomic E-state index is 0.542. The number of halogens is 1. The third-order valence-corrected chi connectivity index (χ3v) is 5.28. The van der Waals surface area contributed by atoms with Gasteiger partial charge in [-0.15, -0.1) is 0 Å². The molecule has 0 saturated carbocycles. The highest BCUT2D eigenvalue weighted by molar-refractivity contribution is 6.31. The molecule has 1 aliphatic heterocycles. The molecule has 0 atom stereocenters. The molecule has 1 N–H and O–H groups in total. The van der Waals surface area contributed by atoms with E-state index in [0.717, 1.165) is 30.2 Å². The number of nitrogens with one attached hydrogen (secondary N) is 1. The third-order valence-electron chi connectivity index (χ3n) is 4.87. The van der Waals surface area contributed by atoms with E-state index in [1.54, 1.807) is 0 Å². The van der Waals surface area contributed by atoms with Gasteiger partial charge in [0, 0.05) is 36.4 Å². The van der Waals surface area contributed by atoms with Crippen molar-refractivity contribution in [3.8, 4) is 0 Å². The molecule has 122 valence electrons. The molecule has 1 heterocycles. The zero-order valence-electron chi connectivity index (χ0n) is 14.0. The van der Waals surface area contributed by atoms with Gasteiger partial charge in [-0.2, -0.15) is 0 Å². The molecule has 0 amide bonds. The Kier molecular flexibility index (Phi) is 5.24. The molecule has 1 saturated heterocycles. The fourth-order valence-corrected chi connectivity index (χ4v) is 3.42. The highest BCUT2D eigenvalue weighted by Crippen LogP contribution is 2.25. The average molecular weight is 329 g/mol. The Bertz CT molecular complexity index is 660. The van der Waals surface area contributed by atoms with Crippen molar-refractivity contribution in [1.29, 1.82) is 0 Å². The van der Waals surface area contributed by atoms with Crippen LogP contribution >= 0.6 is 11.6 Å². The van der Waals surface area contributed by atoms with Crippen molar-refractivity contribution in [1.82, 2.24) is 4.90 Å². The maximum absolute atomic E-state index is 6.21. The van der Waals surface area contributed by atoms with Crippen molar-refractivity contribution in [2.75, 3.05) is 18.4 Å². The molecule has 3 rings (SSSR count). The van der Waals surface area contributed by atoms with Gasteiger partial charge in [0.15, 0.2) is 0 Å². The van der Waals surface area contributed by atoms with Crippen molar-refractivity contribution >= 4 is 17.3 Å². The number of anilines is 1. The predicted octanol–water partition coefficient (Wildman–Crippen LogP) is 5.03. The van der Waals surface area contributed by atoms with Crippen LogP contribution in [-0.4, -0.2) is 24.0 Å². The van der Waals surface area contributed by atoms with E-state index in [4.69, 9.17) is 11.6 Å². The maximum atomic E-state index is 6.21. The monoisotopic (exact) mass is 328 g/mol. The predicted molar refractivity (Wildman–Crippen MR) is 99.3 cm³/mol. The largest absolute Gasteiger partial charge is 0.382 e. The molecule has 2 aromatic rings. The molecule has 0 bridgehead atoms. The van der Waals surface area contributed by atoms with Gasteiger partial charge in [-0.05, 0) is 55.5 Å². The fraction of sp³-hybridized carbons (Fsp3) is 0.400. The van der Waals surface area contributed by atoms with E-state index >= 15 is 0 Å². The van der Waals surface area contributed by atoms with E-state index in [1.807, 2.05) is 12.1 Å². The first-order valence-corrected chi connectivity index (χ1v) is 8.80. The number of nitrogens with zero attached hydrogens (tertiary/aromatic N) is 1.